The predicted octanol–water partition coefficient (Wildman–Crippen LogP) is 1.81. The minimum Gasteiger partial charge on any atom is -0.342 e. The highest BCUT2D eigenvalue weighted by Gasteiger charge is 2.37. The number of nitrogens with zero attached hydrogens (tertiary/aromatic N) is 4. The molecule has 0 spiro atoms. The molecule has 24 heavy (non-hydrogen) atoms. The largest absolute Gasteiger partial charge is 0.342 e. The molecule has 1 unspecified atom stereocenters. The van der Waals surface area contributed by atoms with Gasteiger partial charge >= 0.3 is 0 Å². The van der Waals surface area contributed by atoms with Crippen molar-refractivity contribution in [2.24, 2.45) is 17.6 Å². The molecular formula is C18H25N5O. The van der Waals surface area contributed by atoms with Gasteiger partial charge in [0.2, 0.25) is 5.91 Å². The third-order valence-corrected chi connectivity index (χ3v) is 5.72. The number of fused-ring (bicyclic) bond motifs is 1. The van der Waals surface area contributed by atoms with Crippen molar-refractivity contribution in [3.8, 4) is 0 Å². The van der Waals surface area contributed by atoms with Crippen molar-refractivity contribution >= 4 is 11.6 Å². The highest BCUT2D eigenvalue weighted by Crippen LogP contribution is 2.34. The van der Waals surface area contributed by atoms with E-state index in [2.05, 4.69) is 19.5 Å². The van der Waals surface area contributed by atoms with Crippen molar-refractivity contribution in [1.29, 1.82) is 0 Å². The van der Waals surface area contributed by atoms with Gasteiger partial charge in [-0.25, -0.2) is 0 Å². The first-order valence-electron chi connectivity index (χ1n) is 9.06. The number of amides is 1. The zero-order valence-corrected chi connectivity index (χ0v) is 14.0. The molecule has 1 saturated carbocycles. The van der Waals surface area contributed by atoms with E-state index in [0.29, 0.717) is 18.4 Å². The zero-order chi connectivity index (χ0) is 16.5. The summed E-state index contributed by atoms with van der Waals surface area (Å²) in [5, 5.41) is 8.66. The summed E-state index contributed by atoms with van der Waals surface area (Å²) >= 11 is 0. The van der Waals surface area contributed by atoms with E-state index in [1.54, 1.807) is 0 Å². The molecule has 2 aromatic heterocycles. The van der Waals surface area contributed by atoms with Crippen molar-refractivity contribution in [2.45, 2.75) is 38.0 Å². The number of hydrogen-bond acceptors (Lipinski definition) is 4. The van der Waals surface area contributed by atoms with E-state index in [0.717, 1.165) is 56.7 Å². The third-order valence-electron chi connectivity index (χ3n) is 5.72. The Balaban J connectivity index is 1.52. The average Bonchev–Trinajstić information content (AvgIpc) is 3.27. The molecule has 3 atom stereocenters. The van der Waals surface area contributed by atoms with E-state index >= 15 is 0 Å². The maximum absolute atomic E-state index is 13.0. The van der Waals surface area contributed by atoms with Gasteiger partial charge in [0.25, 0.3) is 0 Å². The van der Waals surface area contributed by atoms with Crippen LogP contribution in [-0.2, 0) is 4.79 Å². The number of pyridine rings is 1. The smallest absolute Gasteiger partial charge is 0.226 e. The van der Waals surface area contributed by atoms with Crippen molar-refractivity contribution in [2.75, 3.05) is 19.6 Å². The van der Waals surface area contributed by atoms with Gasteiger partial charge in [0.05, 0.1) is 0 Å². The van der Waals surface area contributed by atoms with E-state index in [-0.39, 0.29) is 11.8 Å². The summed E-state index contributed by atoms with van der Waals surface area (Å²) < 4.78 is 2.05. The van der Waals surface area contributed by atoms with Gasteiger partial charge in [0.15, 0.2) is 5.65 Å². The van der Waals surface area contributed by atoms with Crippen LogP contribution in [0.3, 0.4) is 0 Å². The lowest BCUT2D eigenvalue weighted by Crippen LogP contribution is -2.44. The van der Waals surface area contributed by atoms with E-state index < -0.39 is 0 Å². The van der Waals surface area contributed by atoms with Gasteiger partial charge in [-0.1, -0.05) is 12.5 Å². The Bertz CT molecular complexity index is 727. The first kappa shape index (κ1) is 15.6. The lowest BCUT2D eigenvalue weighted by Gasteiger charge is -2.34. The molecule has 128 valence electrons. The topological polar surface area (TPSA) is 76.5 Å². The maximum Gasteiger partial charge on any atom is 0.226 e. The van der Waals surface area contributed by atoms with Gasteiger partial charge in [-0.2, -0.15) is 0 Å². The number of hydrogen-bond donors (Lipinski definition) is 1. The lowest BCUT2D eigenvalue weighted by molar-refractivity contribution is -0.137. The molecule has 1 aliphatic heterocycles. The molecule has 0 bridgehead atoms. The molecule has 4 rings (SSSR count). The highest BCUT2D eigenvalue weighted by molar-refractivity contribution is 5.79. The molecule has 2 N–H and O–H groups in total. The lowest BCUT2D eigenvalue weighted by atomic mass is 9.91. The van der Waals surface area contributed by atoms with Gasteiger partial charge in [0, 0.05) is 31.1 Å². The number of aromatic nitrogens is 3. The van der Waals surface area contributed by atoms with Crippen molar-refractivity contribution in [3.05, 3.63) is 30.2 Å². The van der Waals surface area contributed by atoms with E-state index in [1.807, 2.05) is 24.4 Å². The SMILES string of the molecule is NC[C@H]1CCC[C@H]1C(=O)N1CCCC(c2nnc3ccccn23)C1. The average molecular weight is 327 g/mol. The minimum atomic E-state index is 0.129. The summed E-state index contributed by atoms with van der Waals surface area (Å²) in [6.45, 7) is 2.24. The Hall–Kier alpha value is -1.95. The first-order chi connectivity index (χ1) is 11.8. The van der Waals surface area contributed by atoms with E-state index in [1.165, 1.54) is 0 Å². The van der Waals surface area contributed by atoms with Gasteiger partial charge in [-0.3, -0.25) is 9.20 Å². The number of nitrogens with two attached hydrogens (primary N) is 1. The number of carbonyl (C=O) groups excluding carboxylic acids is 1. The standard InChI is InChI=1S/C18H25N5O/c19-11-13-5-3-7-15(13)18(24)22-9-4-6-14(12-22)17-21-20-16-8-1-2-10-23(16)17/h1-2,8,10,13-15H,3-7,9,11-12,19H2/t13-,14?,15-/m1/s1. The maximum atomic E-state index is 13.0. The summed E-state index contributed by atoms with van der Waals surface area (Å²) in [6.07, 6.45) is 7.31. The molecule has 2 fully saturated rings. The Morgan fingerprint density at radius 3 is 3.00 bits per heavy atom. The van der Waals surface area contributed by atoms with Gasteiger partial charge < -0.3 is 10.6 Å². The summed E-state index contributed by atoms with van der Waals surface area (Å²) in [4.78, 5) is 15.0. The molecular weight excluding hydrogens is 302 g/mol. The fourth-order valence-corrected chi connectivity index (χ4v) is 4.40. The van der Waals surface area contributed by atoms with Crippen LogP contribution in [0.25, 0.3) is 5.65 Å². The molecule has 2 aromatic rings. The fraction of sp³-hybridized carbons (Fsp3) is 0.611. The normalized spacial score (nSPS) is 27.7. The quantitative estimate of drug-likeness (QED) is 0.933. The molecule has 2 aliphatic rings. The van der Waals surface area contributed by atoms with Crippen LogP contribution < -0.4 is 5.73 Å². The van der Waals surface area contributed by atoms with Gasteiger partial charge in [-0.05, 0) is 50.3 Å². The van der Waals surface area contributed by atoms with Crippen LogP contribution in [0.15, 0.2) is 24.4 Å². The Morgan fingerprint density at radius 1 is 1.21 bits per heavy atom. The molecule has 1 amide bonds. The predicted molar refractivity (Wildman–Crippen MR) is 91.4 cm³/mol. The second-order valence-electron chi connectivity index (χ2n) is 7.14. The molecule has 6 heteroatoms. The molecule has 1 saturated heterocycles. The van der Waals surface area contributed by atoms with E-state index in [9.17, 15) is 4.79 Å². The van der Waals surface area contributed by atoms with Crippen LogP contribution in [-0.4, -0.2) is 45.0 Å². The van der Waals surface area contributed by atoms with Gasteiger partial charge in [-0.15, -0.1) is 10.2 Å². The van der Waals surface area contributed by atoms with Crippen LogP contribution in [0.4, 0.5) is 0 Å². The Labute approximate surface area is 142 Å². The molecule has 1 aliphatic carbocycles. The fourth-order valence-electron chi connectivity index (χ4n) is 4.40. The van der Waals surface area contributed by atoms with Crippen molar-refractivity contribution in [3.63, 3.8) is 0 Å². The second-order valence-corrected chi connectivity index (χ2v) is 7.14. The van der Waals surface area contributed by atoms with E-state index in [4.69, 9.17) is 5.73 Å². The summed E-state index contributed by atoms with van der Waals surface area (Å²) in [6, 6.07) is 5.93. The Kier molecular flexibility index (Phi) is 4.22. The number of likely N-dealkylation sites (tertiary alicyclic amines) is 1. The van der Waals surface area contributed by atoms with Crippen LogP contribution >= 0.6 is 0 Å². The molecule has 3 heterocycles. The second kappa shape index (κ2) is 6.51. The molecule has 6 nitrogen and oxygen atoms in total. The Morgan fingerprint density at radius 2 is 2.12 bits per heavy atom. The minimum absolute atomic E-state index is 0.129. The first-order valence-corrected chi connectivity index (χ1v) is 9.06. The molecule has 0 aromatic carbocycles. The number of carbonyl (C=O) groups is 1. The van der Waals surface area contributed by atoms with Crippen LogP contribution in [0.1, 0.15) is 43.8 Å². The van der Waals surface area contributed by atoms with Gasteiger partial charge in [0.1, 0.15) is 5.82 Å². The van der Waals surface area contributed by atoms with Crippen molar-refractivity contribution < 1.29 is 4.79 Å². The number of rotatable bonds is 3. The summed E-state index contributed by atoms with van der Waals surface area (Å²) in [5.74, 6) is 2.04. The van der Waals surface area contributed by atoms with Crippen LogP contribution in [0.5, 0.6) is 0 Å². The summed E-state index contributed by atoms with van der Waals surface area (Å²) in [5.41, 5.74) is 6.74. The van der Waals surface area contributed by atoms with Crippen LogP contribution in [0.2, 0.25) is 0 Å². The zero-order valence-electron chi connectivity index (χ0n) is 14.0. The summed E-state index contributed by atoms with van der Waals surface area (Å²) in [7, 11) is 0. The highest BCUT2D eigenvalue weighted by atomic mass is 16.2. The van der Waals surface area contributed by atoms with Crippen molar-refractivity contribution in [1.82, 2.24) is 19.5 Å². The monoisotopic (exact) mass is 327 g/mol. The third kappa shape index (κ3) is 2.69. The molecule has 0 radical (unpaired) electrons. The number of piperidine rings is 1. The van der Waals surface area contributed by atoms with Crippen LogP contribution in [0, 0.1) is 11.8 Å².